The Morgan fingerprint density at radius 1 is 1.09 bits per heavy atom. The van der Waals surface area contributed by atoms with Gasteiger partial charge in [0.15, 0.2) is 11.5 Å². The molecule has 0 saturated carbocycles. The van der Waals surface area contributed by atoms with Gasteiger partial charge in [0.2, 0.25) is 5.91 Å². The highest BCUT2D eigenvalue weighted by Gasteiger charge is 2.17. The highest BCUT2D eigenvalue weighted by atomic mass is 16.1. The lowest BCUT2D eigenvalue weighted by molar-refractivity contribution is -0.116. The summed E-state index contributed by atoms with van der Waals surface area (Å²) in [6.07, 6.45) is 5.49. The quantitative estimate of drug-likeness (QED) is 0.499. The third kappa shape index (κ3) is 4.25. The van der Waals surface area contributed by atoms with Gasteiger partial charge >= 0.3 is 0 Å². The van der Waals surface area contributed by atoms with Crippen molar-refractivity contribution in [1.82, 2.24) is 29.4 Å². The summed E-state index contributed by atoms with van der Waals surface area (Å²) in [6.45, 7) is 6.93. The number of aryl methyl sites for hydroxylation is 4. The molecule has 8 heteroatoms. The lowest BCUT2D eigenvalue weighted by atomic mass is 10.1. The van der Waals surface area contributed by atoms with Crippen LogP contribution in [0.5, 0.6) is 0 Å². The molecule has 5 rings (SSSR count). The van der Waals surface area contributed by atoms with Crippen molar-refractivity contribution in [3.8, 4) is 11.4 Å². The number of hydrogen-bond acceptors (Lipinski definition) is 5. The molecule has 33 heavy (non-hydrogen) atoms. The van der Waals surface area contributed by atoms with E-state index in [4.69, 9.17) is 0 Å². The van der Waals surface area contributed by atoms with E-state index in [-0.39, 0.29) is 5.91 Å². The van der Waals surface area contributed by atoms with E-state index in [2.05, 4.69) is 30.2 Å². The van der Waals surface area contributed by atoms with Crippen LogP contribution in [-0.4, -0.2) is 35.3 Å². The number of fused-ring (bicyclic) bond motifs is 2. The van der Waals surface area contributed by atoms with E-state index in [1.54, 1.807) is 0 Å². The summed E-state index contributed by atoms with van der Waals surface area (Å²) >= 11 is 0. The van der Waals surface area contributed by atoms with Crippen LogP contribution in [0, 0.1) is 20.8 Å². The fourth-order valence-electron chi connectivity index (χ4n) is 4.70. The molecule has 8 nitrogen and oxygen atoms in total. The maximum atomic E-state index is 12.8. The Morgan fingerprint density at radius 3 is 2.85 bits per heavy atom. The SMILES string of the molecule is Cc1cc2nc(C)c(CCC(=O)Nc3cccc(-c4nnc5n4CCCCC5)c3)c(C)n2n1. The first-order valence-electron chi connectivity index (χ1n) is 11.6. The number of carbonyl (C=O) groups excluding carboxylic acids is 1. The zero-order valence-corrected chi connectivity index (χ0v) is 19.4. The highest BCUT2D eigenvalue weighted by molar-refractivity contribution is 5.91. The molecule has 1 aromatic carbocycles. The fraction of sp³-hybridized carbons (Fsp3) is 0.400. The molecule has 0 saturated heterocycles. The predicted molar refractivity (Wildman–Crippen MR) is 127 cm³/mol. The molecule has 3 aromatic heterocycles. The van der Waals surface area contributed by atoms with Crippen molar-refractivity contribution in [3.63, 3.8) is 0 Å². The number of nitrogens with one attached hydrogen (secondary N) is 1. The predicted octanol–water partition coefficient (Wildman–Crippen LogP) is 4.21. The van der Waals surface area contributed by atoms with E-state index < -0.39 is 0 Å². The number of rotatable bonds is 5. The van der Waals surface area contributed by atoms with E-state index in [0.29, 0.717) is 12.8 Å². The van der Waals surface area contributed by atoms with Gasteiger partial charge in [-0.15, -0.1) is 10.2 Å². The number of aromatic nitrogens is 6. The number of amides is 1. The number of hydrogen-bond donors (Lipinski definition) is 1. The van der Waals surface area contributed by atoms with Crippen molar-refractivity contribution in [2.24, 2.45) is 0 Å². The summed E-state index contributed by atoms with van der Waals surface area (Å²) in [7, 11) is 0. The first-order chi connectivity index (χ1) is 16.0. The maximum absolute atomic E-state index is 12.8. The summed E-state index contributed by atoms with van der Waals surface area (Å²) in [4.78, 5) is 17.4. The summed E-state index contributed by atoms with van der Waals surface area (Å²) in [5, 5.41) is 16.4. The number of anilines is 1. The van der Waals surface area contributed by atoms with Crippen molar-refractivity contribution in [2.45, 2.75) is 65.8 Å². The molecule has 0 aliphatic carbocycles. The highest BCUT2D eigenvalue weighted by Crippen LogP contribution is 2.25. The zero-order valence-electron chi connectivity index (χ0n) is 19.4. The van der Waals surface area contributed by atoms with Crippen molar-refractivity contribution >= 4 is 17.2 Å². The summed E-state index contributed by atoms with van der Waals surface area (Å²) < 4.78 is 4.08. The largest absolute Gasteiger partial charge is 0.326 e. The average Bonchev–Trinajstić information content (AvgIpc) is 3.28. The van der Waals surface area contributed by atoms with Gasteiger partial charge in [0.25, 0.3) is 0 Å². The molecule has 1 amide bonds. The van der Waals surface area contributed by atoms with E-state index in [1.165, 1.54) is 6.42 Å². The second-order valence-corrected chi connectivity index (χ2v) is 8.85. The van der Waals surface area contributed by atoms with Gasteiger partial charge in [-0.2, -0.15) is 5.10 Å². The smallest absolute Gasteiger partial charge is 0.224 e. The summed E-state index contributed by atoms with van der Waals surface area (Å²) in [5.74, 6) is 1.91. The van der Waals surface area contributed by atoms with Crippen LogP contribution in [0.1, 0.15) is 54.2 Å². The molecule has 4 heterocycles. The van der Waals surface area contributed by atoms with E-state index in [1.807, 2.05) is 55.6 Å². The standard InChI is InChI=1S/C25H29N7O/c1-16-14-23-26-17(2)21(18(3)32(23)30-16)11-12-24(33)27-20-9-7-8-19(15-20)25-29-28-22-10-5-4-6-13-31(22)25/h7-9,14-15H,4-6,10-13H2,1-3H3,(H,27,33). The van der Waals surface area contributed by atoms with Crippen molar-refractivity contribution in [2.75, 3.05) is 5.32 Å². The molecule has 0 radical (unpaired) electrons. The van der Waals surface area contributed by atoms with E-state index >= 15 is 0 Å². The molecule has 1 aliphatic rings. The molecule has 1 aliphatic heterocycles. The molecular weight excluding hydrogens is 414 g/mol. The summed E-state index contributed by atoms with van der Waals surface area (Å²) in [5.41, 5.74) is 6.58. The monoisotopic (exact) mass is 443 g/mol. The number of nitrogens with zero attached hydrogens (tertiary/aromatic N) is 6. The van der Waals surface area contributed by atoms with Crippen LogP contribution in [0.25, 0.3) is 17.0 Å². The van der Waals surface area contributed by atoms with Crippen molar-refractivity contribution in [3.05, 3.63) is 58.8 Å². The van der Waals surface area contributed by atoms with Crippen LogP contribution < -0.4 is 5.32 Å². The topological polar surface area (TPSA) is 90.0 Å². The molecule has 1 N–H and O–H groups in total. The Kier molecular flexibility index (Phi) is 5.66. The molecule has 0 bridgehead atoms. The number of carbonyl (C=O) groups is 1. The fourth-order valence-corrected chi connectivity index (χ4v) is 4.70. The zero-order chi connectivity index (χ0) is 22.9. The van der Waals surface area contributed by atoms with Gasteiger partial charge in [-0.3, -0.25) is 4.79 Å². The molecule has 0 spiro atoms. The minimum Gasteiger partial charge on any atom is -0.326 e. The molecule has 0 fully saturated rings. The van der Waals surface area contributed by atoms with Crippen LogP contribution in [0.2, 0.25) is 0 Å². The molecule has 4 aromatic rings. The van der Waals surface area contributed by atoms with Gasteiger partial charge < -0.3 is 9.88 Å². The third-order valence-corrected chi connectivity index (χ3v) is 6.40. The lowest BCUT2D eigenvalue weighted by Gasteiger charge is -2.12. The first-order valence-corrected chi connectivity index (χ1v) is 11.6. The van der Waals surface area contributed by atoms with Gasteiger partial charge in [0.05, 0.1) is 5.69 Å². The Morgan fingerprint density at radius 2 is 1.97 bits per heavy atom. The van der Waals surface area contributed by atoms with Gasteiger partial charge in [-0.1, -0.05) is 18.6 Å². The Balaban J connectivity index is 1.30. The van der Waals surface area contributed by atoms with Crippen LogP contribution in [-0.2, 0) is 24.2 Å². The van der Waals surface area contributed by atoms with Gasteiger partial charge in [0, 0.05) is 48.1 Å². The van der Waals surface area contributed by atoms with Crippen LogP contribution in [0.3, 0.4) is 0 Å². The molecular formula is C25H29N7O. The van der Waals surface area contributed by atoms with Gasteiger partial charge in [-0.05, 0) is 57.7 Å². The third-order valence-electron chi connectivity index (χ3n) is 6.40. The number of benzene rings is 1. The second kappa shape index (κ2) is 8.77. The maximum Gasteiger partial charge on any atom is 0.224 e. The van der Waals surface area contributed by atoms with Crippen LogP contribution >= 0.6 is 0 Å². The first kappa shape index (κ1) is 21.3. The lowest BCUT2D eigenvalue weighted by Crippen LogP contribution is -2.14. The summed E-state index contributed by atoms with van der Waals surface area (Å²) in [6, 6.07) is 9.85. The normalized spacial score (nSPS) is 13.7. The van der Waals surface area contributed by atoms with Gasteiger partial charge in [-0.25, -0.2) is 9.50 Å². The second-order valence-electron chi connectivity index (χ2n) is 8.85. The Bertz CT molecular complexity index is 1330. The molecule has 170 valence electrons. The Labute approximate surface area is 193 Å². The van der Waals surface area contributed by atoms with E-state index in [0.717, 1.165) is 77.0 Å². The van der Waals surface area contributed by atoms with Crippen molar-refractivity contribution in [1.29, 1.82) is 0 Å². The van der Waals surface area contributed by atoms with Crippen LogP contribution in [0.15, 0.2) is 30.3 Å². The minimum atomic E-state index is -0.0252. The Hall–Kier alpha value is -3.55. The average molecular weight is 444 g/mol. The molecule has 0 unspecified atom stereocenters. The van der Waals surface area contributed by atoms with Gasteiger partial charge in [0.1, 0.15) is 5.82 Å². The molecule has 0 atom stereocenters. The van der Waals surface area contributed by atoms with Crippen molar-refractivity contribution < 1.29 is 4.79 Å². The minimum absolute atomic E-state index is 0.0252. The van der Waals surface area contributed by atoms with E-state index in [9.17, 15) is 4.79 Å². The van der Waals surface area contributed by atoms with Crippen LogP contribution in [0.4, 0.5) is 5.69 Å².